The summed E-state index contributed by atoms with van der Waals surface area (Å²) in [6.45, 7) is 1.69. The first-order valence-corrected chi connectivity index (χ1v) is 8.26. The number of hydrogen-bond acceptors (Lipinski definition) is 4. The fraction of sp³-hybridized carbons (Fsp3) is 0.471. The van der Waals surface area contributed by atoms with Crippen LogP contribution in [-0.4, -0.2) is 33.8 Å². The molecule has 0 aliphatic carbocycles. The maximum Gasteiger partial charge on any atom is 0.250 e. The predicted octanol–water partition coefficient (Wildman–Crippen LogP) is 1.25. The van der Waals surface area contributed by atoms with Crippen molar-refractivity contribution >= 4 is 5.91 Å². The molecule has 0 radical (unpaired) electrons. The highest BCUT2D eigenvalue weighted by atomic mass is 16.5. The van der Waals surface area contributed by atoms with E-state index in [0.717, 1.165) is 25.0 Å². The Morgan fingerprint density at radius 3 is 3.17 bits per heavy atom. The topological polar surface area (TPSA) is 89.0 Å². The third kappa shape index (κ3) is 4.11. The van der Waals surface area contributed by atoms with Gasteiger partial charge in [-0.2, -0.15) is 5.10 Å². The molecule has 1 aliphatic heterocycles. The smallest absolute Gasteiger partial charge is 0.250 e. The van der Waals surface area contributed by atoms with E-state index in [-0.39, 0.29) is 29.9 Å². The minimum Gasteiger partial charge on any atom is -0.373 e. The maximum atomic E-state index is 12.1. The number of nitrogens with zero attached hydrogens (tertiary/aromatic N) is 2. The minimum atomic E-state index is -0.0917. The highest BCUT2D eigenvalue weighted by Gasteiger charge is 2.28. The molecule has 128 valence electrons. The third-order valence-corrected chi connectivity index (χ3v) is 4.33. The van der Waals surface area contributed by atoms with E-state index in [2.05, 4.69) is 15.5 Å². The van der Waals surface area contributed by atoms with Gasteiger partial charge in [-0.1, -0.05) is 6.07 Å². The standard InChI is InChI=1S/C17H22N4O3/c22-15(6-8-21-7-2-1-5-16(21)23)18-10-13-4-3-9-24-17(13)14-11-19-20-12-14/h1-2,5,7,11-13,17H,3-4,6,8-10H2,(H,18,22)(H,19,20)/t13-,17+/m0/s1. The molecule has 3 rings (SSSR count). The van der Waals surface area contributed by atoms with Gasteiger partial charge < -0.3 is 14.6 Å². The molecule has 0 saturated carbocycles. The number of carbonyl (C=O) groups excluding carboxylic acids is 1. The average Bonchev–Trinajstić information content (AvgIpc) is 3.14. The quantitative estimate of drug-likeness (QED) is 0.834. The summed E-state index contributed by atoms with van der Waals surface area (Å²) < 4.78 is 7.39. The van der Waals surface area contributed by atoms with Crippen molar-refractivity contribution in [3.05, 3.63) is 52.7 Å². The summed E-state index contributed by atoms with van der Waals surface area (Å²) >= 11 is 0. The molecule has 1 aliphatic rings. The van der Waals surface area contributed by atoms with Gasteiger partial charge in [0.15, 0.2) is 0 Å². The summed E-state index contributed by atoms with van der Waals surface area (Å²) in [6.07, 6.45) is 7.56. The zero-order valence-electron chi connectivity index (χ0n) is 13.5. The first kappa shape index (κ1) is 16.4. The summed E-state index contributed by atoms with van der Waals surface area (Å²) in [5, 5.41) is 9.75. The van der Waals surface area contributed by atoms with Gasteiger partial charge in [0.1, 0.15) is 0 Å². The third-order valence-electron chi connectivity index (χ3n) is 4.33. The fourth-order valence-electron chi connectivity index (χ4n) is 3.04. The molecule has 3 heterocycles. The molecular weight excluding hydrogens is 308 g/mol. The molecule has 7 heteroatoms. The zero-order chi connectivity index (χ0) is 16.8. The van der Waals surface area contributed by atoms with Crippen LogP contribution in [0.15, 0.2) is 41.6 Å². The summed E-state index contributed by atoms with van der Waals surface area (Å²) in [6, 6.07) is 4.97. The lowest BCUT2D eigenvalue weighted by Gasteiger charge is -2.31. The predicted molar refractivity (Wildman–Crippen MR) is 88.3 cm³/mol. The Balaban J connectivity index is 1.50. The van der Waals surface area contributed by atoms with Crippen LogP contribution in [0.4, 0.5) is 0 Å². The normalized spacial score (nSPS) is 20.7. The number of amides is 1. The molecule has 0 unspecified atom stereocenters. The molecule has 1 fully saturated rings. The van der Waals surface area contributed by atoms with E-state index >= 15 is 0 Å². The first-order chi connectivity index (χ1) is 11.7. The van der Waals surface area contributed by atoms with Crippen LogP contribution in [0, 0.1) is 5.92 Å². The van der Waals surface area contributed by atoms with Crippen molar-refractivity contribution < 1.29 is 9.53 Å². The number of ether oxygens (including phenoxy) is 1. The van der Waals surface area contributed by atoms with Crippen LogP contribution in [0.1, 0.15) is 30.9 Å². The van der Waals surface area contributed by atoms with Crippen molar-refractivity contribution in [2.45, 2.75) is 31.9 Å². The van der Waals surface area contributed by atoms with Crippen LogP contribution in [0.25, 0.3) is 0 Å². The van der Waals surface area contributed by atoms with Crippen LogP contribution in [0.3, 0.4) is 0 Å². The Morgan fingerprint density at radius 2 is 2.38 bits per heavy atom. The monoisotopic (exact) mass is 330 g/mol. The summed E-state index contributed by atoms with van der Waals surface area (Å²) in [5.74, 6) is 0.182. The van der Waals surface area contributed by atoms with E-state index in [1.165, 1.54) is 10.6 Å². The number of pyridine rings is 1. The Morgan fingerprint density at radius 1 is 1.46 bits per heavy atom. The average molecular weight is 330 g/mol. The number of aromatic nitrogens is 3. The second-order valence-corrected chi connectivity index (χ2v) is 6.01. The lowest BCUT2D eigenvalue weighted by Crippen LogP contribution is -2.35. The van der Waals surface area contributed by atoms with Gasteiger partial charge in [0.25, 0.3) is 5.56 Å². The molecule has 7 nitrogen and oxygen atoms in total. The molecular formula is C17H22N4O3. The van der Waals surface area contributed by atoms with Crippen molar-refractivity contribution in [1.82, 2.24) is 20.1 Å². The molecule has 24 heavy (non-hydrogen) atoms. The van der Waals surface area contributed by atoms with E-state index in [1.54, 1.807) is 24.5 Å². The van der Waals surface area contributed by atoms with Crippen LogP contribution in [0.2, 0.25) is 0 Å². The second-order valence-electron chi connectivity index (χ2n) is 6.01. The molecule has 0 spiro atoms. The number of aryl methyl sites for hydroxylation is 1. The Kier molecular flexibility index (Phi) is 5.43. The van der Waals surface area contributed by atoms with Crippen molar-refractivity contribution in [2.24, 2.45) is 5.92 Å². The van der Waals surface area contributed by atoms with Crippen LogP contribution >= 0.6 is 0 Å². The van der Waals surface area contributed by atoms with E-state index in [4.69, 9.17) is 4.74 Å². The molecule has 2 atom stereocenters. The molecule has 2 aromatic rings. The van der Waals surface area contributed by atoms with Crippen LogP contribution in [-0.2, 0) is 16.1 Å². The molecule has 0 bridgehead atoms. The zero-order valence-corrected chi connectivity index (χ0v) is 13.5. The molecule has 0 aromatic carbocycles. The Hall–Kier alpha value is -2.41. The van der Waals surface area contributed by atoms with Gasteiger partial charge in [0.05, 0.1) is 12.3 Å². The van der Waals surface area contributed by atoms with E-state index in [0.29, 0.717) is 13.1 Å². The van der Waals surface area contributed by atoms with Crippen molar-refractivity contribution in [1.29, 1.82) is 0 Å². The van der Waals surface area contributed by atoms with Gasteiger partial charge in [0.2, 0.25) is 5.91 Å². The van der Waals surface area contributed by atoms with E-state index in [1.807, 2.05) is 6.20 Å². The maximum absolute atomic E-state index is 12.1. The van der Waals surface area contributed by atoms with Crippen molar-refractivity contribution in [3.63, 3.8) is 0 Å². The van der Waals surface area contributed by atoms with Crippen LogP contribution in [0.5, 0.6) is 0 Å². The molecule has 1 amide bonds. The number of nitrogens with one attached hydrogen (secondary N) is 2. The highest BCUT2D eigenvalue weighted by Crippen LogP contribution is 2.32. The lowest BCUT2D eigenvalue weighted by molar-refractivity contribution is -0.122. The first-order valence-electron chi connectivity index (χ1n) is 8.26. The van der Waals surface area contributed by atoms with Gasteiger partial charge in [-0.05, 0) is 18.9 Å². The van der Waals surface area contributed by atoms with Gasteiger partial charge in [-0.15, -0.1) is 0 Å². The highest BCUT2D eigenvalue weighted by molar-refractivity contribution is 5.75. The number of aromatic amines is 1. The van der Waals surface area contributed by atoms with Gasteiger partial charge in [-0.25, -0.2) is 0 Å². The molecule has 2 aromatic heterocycles. The lowest BCUT2D eigenvalue weighted by atomic mass is 9.91. The molecule has 1 saturated heterocycles. The van der Waals surface area contributed by atoms with Crippen molar-refractivity contribution in [3.8, 4) is 0 Å². The van der Waals surface area contributed by atoms with E-state index in [9.17, 15) is 9.59 Å². The fourth-order valence-corrected chi connectivity index (χ4v) is 3.04. The minimum absolute atomic E-state index is 0.0328. The van der Waals surface area contributed by atoms with Gasteiger partial charge in [0, 0.05) is 56.1 Å². The Labute approximate surface area is 140 Å². The van der Waals surface area contributed by atoms with E-state index < -0.39 is 0 Å². The van der Waals surface area contributed by atoms with Crippen LogP contribution < -0.4 is 10.9 Å². The number of H-pyrrole nitrogens is 1. The van der Waals surface area contributed by atoms with Gasteiger partial charge >= 0.3 is 0 Å². The summed E-state index contributed by atoms with van der Waals surface area (Å²) in [5.41, 5.74) is 0.927. The van der Waals surface area contributed by atoms with Gasteiger partial charge in [-0.3, -0.25) is 14.7 Å². The number of hydrogen-bond donors (Lipinski definition) is 2. The summed E-state index contributed by atoms with van der Waals surface area (Å²) in [7, 11) is 0. The Bertz CT molecular complexity index is 711. The summed E-state index contributed by atoms with van der Waals surface area (Å²) in [4.78, 5) is 23.7. The largest absolute Gasteiger partial charge is 0.373 e. The number of carbonyl (C=O) groups is 1. The number of rotatable bonds is 6. The molecule has 2 N–H and O–H groups in total. The van der Waals surface area contributed by atoms with Crippen molar-refractivity contribution in [2.75, 3.05) is 13.2 Å². The SMILES string of the molecule is O=C(CCn1ccccc1=O)NC[C@@H]1CCCO[C@H]1c1cn[nH]c1. The second kappa shape index (κ2) is 7.92.